The minimum atomic E-state index is -0.981. The van der Waals surface area contributed by atoms with Crippen LogP contribution < -0.4 is 0 Å². The van der Waals surface area contributed by atoms with Crippen LogP contribution in [0, 0.1) is 0 Å². The van der Waals surface area contributed by atoms with Crippen molar-refractivity contribution in [2.24, 2.45) is 0 Å². The van der Waals surface area contributed by atoms with E-state index < -0.39 is 5.97 Å². The molecule has 7 heteroatoms. The molecule has 0 aliphatic heterocycles. The van der Waals surface area contributed by atoms with Crippen LogP contribution >= 0.6 is 0 Å². The summed E-state index contributed by atoms with van der Waals surface area (Å²) >= 11 is 0. The van der Waals surface area contributed by atoms with Gasteiger partial charge >= 0.3 is 5.97 Å². The maximum absolute atomic E-state index is 9.25. The molecule has 0 fully saturated rings. The van der Waals surface area contributed by atoms with Crippen molar-refractivity contribution in [1.29, 1.82) is 0 Å². The first kappa shape index (κ1) is 16.4. The zero-order valence-corrected chi connectivity index (χ0v) is 8.63. The minimum absolute atomic E-state index is 0.0488. The molecule has 0 rings (SSSR count). The molecule has 0 amide bonds. The highest BCUT2D eigenvalue weighted by Gasteiger charge is 1.95. The fourth-order valence-corrected chi connectivity index (χ4v) is 0.376. The predicted molar refractivity (Wildman–Crippen MR) is 51.7 cm³/mol. The quantitative estimate of drug-likeness (QED) is 0.377. The van der Waals surface area contributed by atoms with Crippen molar-refractivity contribution < 1.29 is 29.8 Å². The second-order valence-corrected chi connectivity index (χ2v) is 2.10. The summed E-state index contributed by atoms with van der Waals surface area (Å²) in [5.41, 5.74) is 0. The standard InChI is InChI=1S/C5H13NO4.C3H4O2/c1-6(9-4-2-7)10-5-3-8;1-2-3(4)5/h7-8H,2-5H2,1H3;2H,1H2,(H,4,5). The third-order valence-corrected chi connectivity index (χ3v) is 0.903. The smallest absolute Gasteiger partial charge is 0.327 e. The first-order valence-electron chi connectivity index (χ1n) is 4.15. The summed E-state index contributed by atoms with van der Waals surface area (Å²) in [5, 5.41) is 25.3. The number of hydroxylamine groups is 2. The van der Waals surface area contributed by atoms with Crippen molar-refractivity contribution in [3.05, 3.63) is 12.7 Å². The van der Waals surface area contributed by atoms with Gasteiger partial charge in [-0.15, -0.1) is 0 Å². The summed E-state index contributed by atoms with van der Waals surface area (Å²) in [6.45, 7) is 3.26. The lowest BCUT2D eigenvalue weighted by atomic mass is 10.7. The number of carboxylic acids is 1. The number of hydrogen-bond acceptors (Lipinski definition) is 6. The Bertz CT molecular complexity index is 155. The van der Waals surface area contributed by atoms with E-state index in [1.807, 2.05) is 0 Å². The summed E-state index contributed by atoms with van der Waals surface area (Å²) in [4.78, 5) is 18.7. The van der Waals surface area contributed by atoms with Gasteiger partial charge in [0.2, 0.25) is 0 Å². The molecular weight excluding hydrogens is 206 g/mol. The molecule has 0 aromatic heterocycles. The predicted octanol–water partition coefficient (Wildman–Crippen LogP) is -0.977. The van der Waals surface area contributed by atoms with Gasteiger partial charge < -0.3 is 15.3 Å². The summed E-state index contributed by atoms with van der Waals surface area (Å²) in [6, 6.07) is 0. The Kier molecular flexibility index (Phi) is 14.3. The fourth-order valence-electron chi connectivity index (χ4n) is 0.376. The molecule has 7 nitrogen and oxygen atoms in total. The highest BCUT2D eigenvalue weighted by molar-refractivity contribution is 5.78. The van der Waals surface area contributed by atoms with Crippen LogP contribution in [0.25, 0.3) is 0 Å². The molecule has 0 saturated carbocycles. The molecule has 0 heterocycles. The van der Waals surface area contributed by atoms with Crippen molar-refractivity contribution >= 4 is 5.97 Å². The van der Waals surface area contributed by atoms with Crippen molar-refractivity contribution in [2.75, 3.05) is 33.5 Å². The SMILES string of the molecule is C=CC(=O)O.CN(OCCO)OCCO. The van der Waals surface area contributed by atoms with E-state index in [4.69, 9.17) is 25.0 Å². The zero-order valence-electron chi connectivity index (χ0n) is 8.63. The first-order chi connectivity index (χ1) is 7.08. The van der Waals surface area contributed by atoms with Crippen molar-refractivity contribution in [3.63, 3.8) is 0 Å². The summed E-state index contributed by atoms with van der Waals surface area (Å²) in [7, 11) is 1.55. The van der Waals surface area contributed by atoms with Gasteiger partial charge in [-0.3, -0.25) is 9.68 Å². The van der Waals surface area contributed by atoms with E-state index in [1.54, 1.807) is 7.05 Å². The lowest BCUT2D eigenvalue weighted by Crippen LogP contribution is -2.22. The molecule has 15 heavy (non-hydrogen) atoms. The lowest BCUT2D eigenvalue weighted by Gasteiger charge is -2.13. The minimum Gasteiger partial charge on any atom is -0.478 e. The molecule has 0 aromatic rings. The Hall–Kier alpha value is -0.990. The highest BCUT2D eigenvalue weighted by Crippen LogP contribution is 1.85. The van der Waals surface area contributed by atoms with Crippen LogP contribution in [0.2, 0.25) is 0 Å². The number of carbonyl (C=O) groups is 1. The topological polar surface area (TPSA) is 99.5 Å². The molecular formula is C8H17NO6. The number of nitrogens with zero attached hydrogens (tertiary/aromatic N) is 1. The third kappa shape index (κ3) is 19.4. The largest absolute Gasteiger partial charge is 0.478 e. The second-order valence-electron chi connectivity index (χ2n) is 2.10. The average Bonchev–Trinajstić information content (AvgIpc) is 2.24. The van der Waals surface area contributed by atoms with Gasteiger partial charge in [-0.2, -0.15) is 0 Å². The molecule has 0 saturated heterocycles. The maximum atomic E-state index is 9.25. The summed E-state index contributed by atoms with van der Waals surface area (Å²) in [5.74, 6) is -0.981. The molecule has 0 aromatic carbocycles. The van der Waals surface area contributed by atoms with Crippen LogP contribution in [0.15, 0.2) is 12.7 Å². The zero-order chi connectivity index (χ0) is 12.1. The van der Waals surface area contributed by atoms with Gasteiger partial charge in [-0.25, -0.2) is 4.79 Å². The van der Waals surface area contributed by atoms with E-state index in [9.17, 15) is 4.79 Å². The van der Waals surface area contributed by atoms with Crippen LogP contribution in [0.3, 0.4) is 0 Å². The monoisotopic (exact) mass is 223 g/mol. The van der Waals surface area contributed by atoms with E-state index in [0.29, 0.717) is 0 Å². The molecule has 0 bridgehead atoms. The number of aliphatic hydroxyl groups excluding tert-OH is 2. The van der Waals surface area contributed by atoms with E-state index in [2.05, 4.69) is 6.58 Å². The van der Waals surface area contributed by atoms with Gasteiger partial charge in [0.25, 0.3) is 0 Å². The van der Waals surface area contributed by atoms with Crippen molar-refractivity contribution in [1.82, 2.24) is 5.23 Å². The average molecular weight is 223 g/mol. The Morgan fingerprint density at radius 1 is 1.33 bits per heavy atom. The second kappa shape index (κ2) is 13.0. The van der Waals surface area contributed by atoms with E-state index in [-0.39, 0.29) is 26.4 Å². The van der Waals surface area contributed by atoms with Gasteiger partial charge in [-0.1, -0.05) is 11.8 Å². The van der Waals surface area contributed by atoms with Gasteiger partial charge in [-0.05, 0) is 0 Å². The van der Waals surface area contributed by atoms with Crippen LogP contribution in [0.1, 0.15) is 0 Å². The van der Waals surface area contributed by atoms with Gasteiger partial charge in [0.15, 0.2) is 0 Å². The van der Waals surface area contributed by atoms with Crippen LogP contribution in [-0.2, 0) is 14.5 Å². The summed E-state index contributed by atoms with van der Waals surface area (Å²) in [6.07, 6.45) is 0.833. The Balaban J connectivity index is 0. The fraction of sp³-hybridized carbons (Fsp3) is 0.625. The van der Waals surface area contributed by atoms with Gasteiger partial charge in [0.1, 0.15) is 0 Å². The van der Waals surface area contributed by atoms with E-state index in [0.717, 1.165) is 11.3 Å². The summed E-state index contributed by atoms with van der Waals surface area (Å²) < 4.78 is 0. The molecule has 0 spiro atoms. The van der Waals surface area contributed by atoms with E-state index >= 15 is 0 Å². The molecule has 0 atom stereocenters. The van der Waals surface area contributed by atoms with Crippen LogP contribution in [0.5, 0.6) is 0 Å². The molecule has 0 unspecified atom stereocenters. The molecule has 90 valence electrons. The third-order valence-electron chi connectivity index (χ3n) is 0.903. The molecule has 0 radical (unpaired) electrons. The van der Waals surface area contributed by atoms with Crippen molar-refractivity contribution in [3.8, 4) is 0 Å². The molecule has 0 aliphatic rings. The van der Waals surface area contributed by atoms with Crippen LogP contribution in [0.4, 0.5) is 0 Å². The first-order valence-corrected chi connectivity index (χ1v) is 4.15. The highest BCUT2D eigenvalue weighted by atomic mass is 16.9. The Labute approximate surface area is 88.0 Å². The Morgan fingerprint density at radius 3 is 1.87 bits per heavy atom. The number of aliphatic carboxylic acids is 1. The maximum Gasteiger partial charge on any atom is 0.327 e. The van der Waals surface area contributed by atoms with Gasteiger partial charge in [0.05, 0.1) is 26.4 Å². The number of rotatable bonds is 7. The van der Waals surface area contributed by atoms with E-state index in [1.165, 1.54) is 0 Å². The lowest BCUT2D eigenvalue weighted by molar-refractivity contribution is -0.356. The number of aliphatic hydroxyl groups is 2. The Morgan fingerprint density at radius 2 is 1.67 bits per heavy atom. The van der Waals surface area contributed by atoms with Gasteiger partial charge in [0, 0.05) is 13.1 Å². The molecule has 3 N–H and O–H groups in total. The van der Waals surface area contributed by atoms with Crippen molar-refractivity contribution in [2.45, 2.75) is 0 Å². The molecule has 0 aliphatic carbocycles. The number of carboxylic acid groups (broad SMARTS) is 1. The van der Waals surface area contributed by atoms with Crippen LogP contribution in [-0.4, -0.2) is 60.0 Å². The normalized spacial score (nSPS) is 9.33. The number of hydrogen-bond donors (Lipinski definition) is 3.